The Bertz CT molecular complexity index is 1130. The number of amides is 1. The summed E-state index contributed by atoms with van der Waals surface area (Å²) >= 11 is 0. The molecule has 8 nitrogen and oxygen atoms in total. The third-order valence-electron chi connectivity index (χ3n) is 5.69. The van der Waals surface area contributed by atoms with Crippen LogP contribution in [0.1, 0.15) is 17.0 Å². The summed E-state index contributed by atoms with van der Waals surface area (Å²) in [7, 11) is -3.92. The maximum Gasteiger partial charge on any atom is 0.267 e. The zero-order valence-electron chi connectivity index (χ0n) is 17.4. The first-order valence-corrected chi connectivity index (χ1v) is 11.7. The van der Waals surface area contributed by atoms with E-state index in [0.29, 0.717) is 31.9 Å². The molecule has 2 N–H and O–H groups in total. The summed E-state index contributed by atoms with van der Waals surface area (Å²) < 4.78 is 34.4. The molecule has 9 heteroatoms. The molecule has 1 amide bonds. The van der Waals surface area contributed by atoms with Gasteiger partial charge in [-0.25, -0.2) is 13.9 Å². The topological polar surface area (TPSA) is 101 Å². The van der Waals surface area contributed by atoms with E-state index >= 15 is 0 Å². The summed E-state index contributed by atoms with van der Waals surface area (Å²) in [5, 5.41) is 8.62. The van der Waals surface area contributed by atoms with E-state index in [1.54, 1.807) is 18.2 Å². The molecule has 32 heavy (non-hydrogen) atoms. The van der Waals surface area contributed by atoms with Crippen LogP contribution in [0, 0.1) is 0 Å². The highest BCUT2D eigenvalue weighted by molar-refractivity contribution is 7.91. The number of hydrogen-bond acceptors (Lipinski definition) is 6. The average molecular weight is 456 g/mol. The Morgan fingerprint density at radius 1 is 1.12 bits per heavy atom. The van der Waals surface area contributed by atoms with Crippen molar-refractivity contribution in [2.75, 3.05) is 26.3 Å². The minimum absolute atomic E-state index is 0.0132. The van der Waals surface area contributed by atoms with Gasteiger partial charge in [0.15, 0.2) is 4.87 Å². The van der Waals surface area contributed by atoms with Gasteiger partial charge in [-0.05, 0) is 35.4 Å². The maximum absolute atomic E-state index is 13.9. The fraction of sp³-hybridized carbons (Fsp3) is 0.261. The highest BCUT2D eigenvalue weighted by Gasteiger charge is 2.47. The Balaban J connectivity index is 1.70. The molecule has 1 fully saturated rings. The fourth-order valence-electron chi connectivity index (χ4n) is 3.98. The monoisotopic (exact) mass is 455 g/mol. The van der Waals surface area contributed by atoms with E-state index in [-0.39, 0.29) is 5.92 Å². The van der Waals surface area contributed by atoms with Gasteiger partial charge in [0.1, 0.15) is 0 Å². The van der Waals surface area contributed by atoms with Gasteiger partial charge in [0.2, 0.25) is 0 Å². The second-order valence-corrected chi connectivity index (χ2v) is 9.62. The van der Waals surface area contributed by atoms with Gasteiger partial charge in [0, 0.05) is 37.5 Å². The minimum atomic E-state index is -3.92. The van der Waals surface area contributed by atoms with E-state index in [4.69, 9.17) is 9.94 Å². The molecule has 0 bridgehead atoms. The van der Waals surface area contributed by atoms with Crippen molar-refractivity contribution in [1.82, 2.24) is 14.4 Å². The number of benzene rings is 1. The number of hydroxylamine groups is 1. The predicted molar refractivity (Wildman–Crippen MR) is 120 cm³/mol. The zero-order chi connectivity index (χ0) is 22.6. The summed E-state index contributed by atoms with van der Waals surface area (Å²) in [5.74, 6) is -0.712. The summed E-state index contributed by atoms with van der Waals surface area (Å²) in [6.07, 6.45) is 12.8. The second-order valence-electron chi connectivity index (χ2n) is 7.60. The van der Waals surface area contributed by atoms with Gasteiger partial charge in [-0.15, -0.1) is 0 Å². The van der Waals surface area contributed by atoms with Gasteiger partial charge < -0.3 is 4.74 Å². The number of allylic oxidation sites excluding steroid dienone is 2. The van der Waals surface area contributed by atoms with Crippen LogP contribution in [0.3, 0.4) is 0 Å². The first-order chi connectivity index (χ1) is 15.5. The number of ether oxygens (including phenoxy) is 1. The highest BCUT2D eigenvalue weighted by atomic mass is 32.2. The standard InChI is InChI=1S/C23H25N3O5S/c27-22(24-28)7-6-19-10-13-26(18-19)32(29,30)23(25-14-16-31-17-15-25)11-8-21(9-12-23)20-4-2-1-3-5-20/h1-13,18,21,28H,14-17H2,(H,24,27)/b7-6+. The van der Waals surface area contributed by atoms with Crippen LogP contribution >= 0.6 is 0 Å². The molecule has 0 radical (unpaired) electrons. The molecule has 1 saturated heterocycles. The second kappa shape index (κ2) is 9.25. The van der Waals surface area contributed by atoms with Crippen molar-refractivity contribution in [2.45, 2.75) is 10.8 Å². The van der Waals surface area contributed by atoms with Gasteiger partial charge in [-0.1, -0.05) is 42.5 Å². The van der Waals surface area contributed by atoms with Crippen LogP contribution in [-0.4, -0.2) is 59.6 Å². The Morgan fingerprint density at radius 3 is 2.47 bits per heavy atom. The Kier molecular flexibility index (Phi) is 6.43. The molecule has 2 aromatic rings. The van der Waals surface area contributed by atoms with E-state index in [2.05, 4.69) is 0 Å². The zero-order valence-corrected chi connectivity index (χ0v) is 18.2. The molecule has 2 heterocycles. The van der Waals surface area contributed by atoms with E-state index < -0.39 is 20.8 Å². The van der Waals surface area contributed by atoms with Crippen LogP contribution in [0.5, 0.6) is 0 Å². The van der Waals surface area contributed by atoms with Crippen molar-refractivity contribution >= 4 is 22.0 Å². The predicted octanol–water partition coefficient (Wildman–Crippen LogP) is 2.12. The number of nitrogens with one attached hydrogen (secondary N) is 1. The minimum Gasteiger partial charge on any atom is -0.379 e. The smallest absolute Gasteiger partial charge is 0.267 e. The molecule has 0 spiro atoms. The van der Waals surface area contributed by atoms with E-state index in [9.17, 15) is 13.2 Å². The van der Waals surface area contributed by atoms with Crippen LogP contribution in [0.2, 0.25) is 0 Å². The molecule has 0 unspecified atom stereocenters. The quantitative estimate of drug-likeness (QED) is 0.300. The van der Waals surface area contributed by atoms with Crippen LogP contribution in [0.25, 0.3) is 6.08 Å². The molecule has 168 valence electrons. The molecule has 1 aromatic carbocycles. The Morgan fingerprint density at radius 2 is 1.81 bits per heavy atom. The number of morpholine rings is 1. The molecule has 0 atom stereocenters. The summed E-state index contributed by atoms with van der Waals surface area (Å²) in [6.45, 7) is 1.87. The van der Waals surface area contributed by atoms with Crippen molar-refractivity contribution in [1.29, 1.82) is 0 Å². The number of carbonyl (C=O) groups is 1. The largest absolute Gasteiger partial charge is 0.379 e. The molecule has 1 aliphatic heterocycles. The summed E-state index contributed by atoms with van der Waals surface area (Å²) in [5.41, 5.74) is 3.10. The lowest BCUT2D eigenvalue weighted by molar-refractivity contribution is -0.124. The van der Waals surface area contributed by atoms with Crippen LogP contribution in [0.4, 0.5) is 0 Å². The SMILES string of the molecule is O=C(/C=C/c1ccn(S(=O)(=O)C2(N3CCOCC3)C=CC(c3ccccc3)C=C2)c1)NO. The van der Waals surface area contributed by atoms with Crippen molar-refractivity contribution in [3.8, 4) is 0 Å². The lowest BCUT2D eigenvalue weighted by Gasteiger charge is -2.42. The maximum atomic E-state index is 13.9. The van der Waals surface area contributed by atoms with E-state index in [0.717, 1.165) is 11.6 Å². The lowest BCUT2D eigenvalue weighted by atomic mass is 9.92. The molecule has 1 aromatic heterocycles. The normalized spacial score (nSPS) is 24.1. The van der Waals surface area contributed by atoms with Gasteiger partial charge in [-0.3, -0.25) is 18.9 Å². The van der Waals surface area contributed by atoms with Gasteiger partial charge >= 0.3 is 0 Å². The number of carbonyl (C=O) groups excluding carboxylic acids is 1. The van der Waals surface area contributed by atoms with Crippen molar-refractivity contribution in [3.63, 3.8) is 0 Å². The third-order valence-corrected chi connectivity index (χ3v) is 7.83. The van der Waals surface area contributed by atoms with Crippen LogP contribution < -0.4 is 5.48 Å². The summed E-state index contributed by atoms with van der Waals surface area (Å²) in [4.78, 5) is 11.8. The molecule has 0 saturated carbocycles. The molecule has 1 aliphatic carbocycles. The van der Waals surface area contributed by atoms with Crippen molar-refractivity contribution in [3.05, 3.63) is 90.3 Å². The van der Waals surface area contributed by atoms with Crippen LogP contribution in [-0.2, 0) is 19.6 Å². The molecular formula is C23H25N3O5S. The van der Waals surface area contributed by atoms with Crippen molar-refractivity contribution < 1.29 is 23.2 Å². The first-order valence-electron chi connectivity index (χ1n) is 10.3. The van der Waals surface area contributed by atoms with E-state index in [1.807, 2.05) is 47.4 Å². The van der Waals surface area contributed by atoms with Gasteiger partial charge in [-0.2, -0.15) is 0 Å². The Hall–Kier alpha value is -2.98. The van der Waals surface area contributed by atoms with Crippen LogP contribution in [0.15, 0.2) is 79.2 Å². The third kappa shape index (κ3) is 4.20. The Labute approximate surface area is 187 Å². The number of aromatic nitrogens is 1. The first kappa shape index (κ1) is 22.2. The highest BCUT2D eigenvalue weighted by Crippen LogP contribution is 2.36. The van der Waals surface area contributed by atoms with Gasteiger partial charge in [0.05, 0.1) is 13.2 Å². The average Bonchev–Trinajstić information content (AvgIpc) is 3.33. The molecule has 4 rings (SSSR count). The number of nitrogens with zero attached hydrogens (tertiary/aromatic N) is 2. The van der Waals surface area contributed by atoms with Gasteiger partial charge in [0.25, 0.3) is 15.9 Å². The number of rotatable bonds is 6. The molecule has 2 aliphatic rings. The van der Waals surface area contributed by atoms with Crippen molar-refractivity contribution in [2.24, 2.45) is 0 Å². The lowest BCUT2D eigenvalue weighted by Crippen LogP contribution is -2.57. The number of hydrogen-bond donors (Lipinski definition) is 2. The molecular weight excluding hydrogens is 430 g/mol. The van der Waals surface area contributed by atoms with E-state index in [1.165, 1.54) is 27.9 Å². The summed E-state index contributed by atoms with van der Waals surface area (Å²) in [6, 6.07) is 11.5. The fourth-order valence-corrected chi connectivity index (χ4v) is 5.81.